The molecule has 0 radical (unpaired) electrons. The van der Waals surface area contributed by atoms with E-state index in [9.17, 15) is 4.79 Å². The quantitative estimate of drug-likeness (QED) is 0.801. The number of amides is 1. The number of aromatic nitrogens is 2. The molecule has 1 fully saturated rings. The van der Waals surface area contributed by atoms with Crippen molar-refractivity contribution in [3.05, 3.63) is 30.2 Å². The number of nitrogens with zero attached hydrogens (tertiary/aromatic N) is 3. The molecule has 0 saturated carbocycles. The Labute approximate surface area is 131 Å². The number of carbonyl (C=O) groups is 1. The van der Waals surface area contributed by atoms with Gasteiger partial charge in [-0.1, -0.05) is 6.08 Å². The molecular formula is C16H24N4O2. The van der Waals surface area contributed by atoms with Crippen LogP contribution in [-0.2, 0) is 4.79 Å². The molecule has 0 spiro atoms. The first kappa shape index (κ1) is 16.4. The summed E-state index contributed by atoms with van der Waals surface area (Å²) in [7, 11) is 0. The molecule has 0 unspecified atom stereocenters. The van der Waals surface area contributed by atoms with Crippen LogP contribution >= 0.6 is 0 Å². The van der Waals surface area contributed by atoms with Crippen LogP contribution in [0.1, 0.15) is 24.2 Å². The van der Waals surface area contributed by atoms with E-state index in [1.807, 2.05) is 13.8 Å². The second-order valence-electron chi connectivity index (χ2n) is 5.59. The van der Waals surface area contributed by atoms with Crippen molar-refractivity contribution in [1.29, 1.82) is 0 Å². The lowest BCUT2D eigenvalue weighted by Gasteiger charge is -2.31. The van der Waals surface area contributed by atoms with E-state index >= 15 is 0 Å². The van der Waals surface area contributed by atoms with Gasteiger partial charge < -0.3 is 10.1 Å². The lowest BCUT2D eigenvalue weighted by atomic mass is 10.1. The summed E-state index contributed by atoms with van der Waals surface area (Å²) in [6.07, 6.45) is 5.35. The van der Waals surface area contributed by atoms with Crippen molar-refractivity contribution in [2.45, 2.75) is 32.8 Å². The Morgan fingerprint density at radius 1 is 1.50 bits per heavy atom. The first-order valence-electron chi connectivity index (χ1n) is 7.65. The average Bonchev–Trinajstić information content (AvgIpc) is 2.51. The molecule has 0 aromatic carbocycles. The maximum atomic E-state index is 11.7. The van der Waals surface area contributed by atoms with Gasteiger partial charge in [-0.3, -0.25) is 14.7 Å². The highest BCUT2D eigenvalue weighted by Gasteiger charge is 2.22. The zero-order chi connectivity index (χ0) is 15.9. The third kappa shape index (κ3) is 4.80. The Bertz CT molecular complexity index is 525. The van der Waals surface area contributed by atoms with Crippen LogP contribution in [0.3, 0.4) is 0 Å². The largest absolute Gasteiger partial charge is 0.473 e. The van der Waals surface area contributed by atoms with Crippen molar-refractivity contribution in [2.24, 2.45) is 0 Å². The van der Waals surface area contributed by atoms with Gasteiger partial charge in [-0.05, 0) is 26.7 Å². The van der Waals surface area contributed by atoms with Crippen LogP contribution in [0.5, 0.6) is 5.88 Å². The van der Waals surface area contributed by atoms with Crippen molar-refractivity contribution >= 4 is 5.91 Å². The molecular weight excluding hydrogens is 280 g/mol. The van der Waals surface area contributed by atoms with Gasteiger partial charge in [0.15, 0.2) is 0 Å². The zero-order valence-electron chi connectivity index (χ0n) is 13.3. The number of likely N-dealkylation sites (tertiary alicyclic amines) is 1. The van der Waals surface area contributed by atoms with E-state index in [2.05, 4.69) is 26.8 Å². The third-order valence-electron chi connectivity index (χ3n) is 3.66. The van der Waals surface area contributed by atoms with Gasteiger partial charge >= 0.3 is 0 Å². The van der Waals surface area contributed by atoms with Crippen LogP contribution in [-0.4, -0.2) is 53.1 Å². The van der Waals surface area contributed by atoms with E-state index in [-0.39, 0.29) is 12.0 Å². The number of piperidine rings is 1. The van der Waals surface area contributed by atoms with Crippen molar-refractivity contribution in [3.63, 3.8) is 0 Å². The topological polar surface area (TPSA) is 67.4 Å². The van der Waals surface area contributed by atoms with Crippen LogP contribution in [0.4, 0.5) is 0 Å². The zero-order valence-corrected chi connectivity index (χ0v) is 13.3. The van der Waals surface area contributed by atoms with Crippen LogP contribution in [0, 0.1) is 13.8 Å². The third-order valence-corrected chi connectivity index (χ3v) is 3.66. The van der Waals surface area contributed by atoms with Gasteiger partial charge in [-0.25, -0.2) is 4.98 Å². The normalized spacial score (nSPS) is 16.3. The van der Waals surface area contributed by atoms with Gasteiger partial charge in [0.05, 0.1) is 17.9 Å². The number of nitrogens with one attached hydrogen (secondary N) is 1. The van der Waals surface area contributed by atoms with Crippen molar-refractivity contribution in [3.8, 4) is 5.88 Å². The lowest BCUT2D eigenvalue weighted by molar-refractivity contribution is -0.122. The predicted molar refractivity (Wildman–Crippen MR) is 84.8 cm³/mol. The first-order chi connectivity index (χ1) is 10.6. The van der Waals surface area contributed by atoms with E-state index in [0.717, 1.165) is 37.3 Å². The molecule has 6 heteroatoms. The van der Waals surface area contributed by atoms with E-state index < -0.39 is 0 Å². The van der Waals surface area contributed by atoms with Crippen molar-refractivity contribution < 1.29 is 9.53 Å². The summed E-state index contributed by atoms with van der Waals surface area (Å²) >= 11 is 0. The minimum absolute atomic E-state index is 0.0414. The number of aryl methyl sites for hydroxylation is 2. The van der Waals surface area contributed by atoms with Gasteiger partial charge in [-0.15, -0.1) is 6.58 Å². The molecule has 1 aliphatic heterocycles. The Balaban J connectivity index is 1.78. The Morgan fingerprint density at radius 2 is 2.23 bits per heavy atom. The lowest BCUT2D eigenvalue weighted by Crippen LogP contribution is -2.43. The molecule has 2 heterocycles. The Kier molecular flexibility index (Phi) is 5.89. The standard InChI is InChI=1S/C16H24N4O2/c1-4-7-17-15(21)11-20-8-5-14(6-9-20)22-16-13(3)18-10-12(2)19-16/h4,10,14H,1,5-9,11H2,2-3H3,(H,17,21). The molecule has 6 nitrogen and oxygen atoms in total. The number of carbonyl (C=O) groups excluding carboxylic acids is 1. The van der Waals surface area contributed by atoms with Crippen LogP contribution in [0.15, 0.2) is 18.9 Å². The molecule has 120 valence electrons. The summed E-state index contributed by atoms with van der Waals surface area (Å²) in [5.74, 6) is 0.668. The maximum Gasteiger partial charge on any atom is 0.235 e. The smallest absolute Gasteiger partial charge is 0.235 e. The molecule has 1 aromatic heterocycles. The summed E-state index contributed by atoms with van der Waals surface area (Å²) in [6.45, 7) is 10.1. The highest BCUT2D eigenvalue weighted by Crippen LogP contribution is 2.19. The van der Waals surface area contributed by atoms with Gasteiger partial charge in [0.1, 0.15) is 6.10 Å². The van der Waals surface area contributed by atoms with Gasteiger partial charge in [0, 0.05) is 25.8 Å². The van der Waals surface area contributed by atoms with Crippen LogP contribution in [0.2, 0.25) is 0 Å². The molecule has 22 heavy (non-hydrogen) atoms. The van der Waals surface area contributed by atoms with E-state index in [1.54, 1.807) is 12.3 Å². The number of ether oxygens (including phenoxy) is 1. The molecule has 2 rings (SSSR count). The fourth-order valence-electron chi connectivity index (χ4n) is 2.42. The molecule has 0 bridgehead atoms. The SMILES string of the molecule is C=CCNC(=O)CN1CCC(Oc2nc(C)cnc2C)CC1. The number of hydrogen-bond donors (Lipinski definition) is 1. The van der Waals surface area contributed by atoms with E-state index in [4.69, 9.17) is 4.74 Å². The maximum absolute atomic E-state index is 11.7. The van der Waals surface area contributed by atoms with Crippen LogP contribution in [0.25, 0.3) is 0 Å². The molecule has 0 atom stereocenters. The van der Waals surface area contributed by atoms with Gasteiger partial charge in [-0.2, -0.15) is 0 Å². The molecule has 0 aliphatic carbocycles. The van der Waals surface area contributed by atoms with Gasteiger partial charge in [0.25, 0.3) is 0 Å². The van der Waals surface area contributed by atoms with Crippen molar-refractivity contribution in [1.82, 2.24) is 20.2 Å². The monoisotopic (exact) mass is 304 g/mol. The fraction of sp³-hybridized carbons (Fsp3) is 0.562. The summed E-state index contributed by atoms with van der Waals surface area (Å²) < 4.78 is 5.97. The second-order valence-corrected chi connectivity index (χ2v) is 5.59. The average molecular weight is 304 g/mol. The highest BCUT2D eigenvalue weighted by molar-refractivity contribution is 5.78. The predicted octanol–water partition coefficient (Wildman–Crippen LogP) is 1.24. The molecule has 1 aliphatic rings. The molecule has 1 N–H and O–H groups in total. The minimum Gasteiger partial charge on any atom is -0.473 e. The van der Waals surface area contributed by atoms with Gasteiger partial charge in [0.2, 0.25) is 11.8 Å². The first-order valence-corrected chi connectivity index (χ1v) is 7.65. The van der Waals surface area contributed by atoms with E-state index in [1.165, 1.54) is 0 Å². The molecule has 1 aromatic rings. The summed E-state index contributed by atoms with van der Waals surface area (Å²) in [5, 5.41) is 2.80. The highest BCUT2D eigenvalue weighted by atomic mass is 16.5. The second kappa shape index (κ2) is 7.89. The Hall–Kier alpha value is -1.95. The van der Waals surface area contributed by atoms with E-state index in [0.29, 0.717) is 19.0 Å². The molecule has 1 amide bonds. The summed E-state index contributed by atoms with van der Waals surface area (Å²) in [6, 6.07) is 0. The molecule has 1 saturated heterocycles. The minimum atomic E-state index is 0.0414. The summed E-state index contributed by atoms with van der Waals surface area (Å²) in [4.78, 5) is 22.5. The Morgan fingerprint density at radius 3 is 2.91 bits per heavy atom. The number of rotatable bonds is 6. The fourth-order valence-corrected chi connectivity index (χ4v) is 2.42. The number of hydrogen-bond acceptors (Lipinski definition) is 5. The van der Waals surface area contributed by atoms with Crippen molar-refractivity contribution in [2.75, 3.05) is 26.2 Å². The van der Waals surface area contributed by atoms with Crippen LogP contribution < -0.4 is 10.1 Å². The summed E-state index contributed by atoms with van der Waals surface area (Å²) in [5.41, 5.74) is 1.67.